The van der Waals surface area contributed by atoms with Crippen molar-refractivity contribution in [1.29, 1.82) is 0 Å². The molecule has 126 valence electrons. The molecule has 1 fully saturated rings. The van der Waals surface area contributed by atoms with E-state index in [-0.39, 0.29) is 23.6 Å². The van der Waals surface area contributed by atoms with Crippen molar-refractivity contribution in [3.8, 4) is 5.75 Å². The quantitative estimate of drug-likeness (QED) is 0.842. The first-order valence-electron chi connectivity index (χ1n) is 7.44. The first-order chi connectivity index (χ1) is 10.9. The van der Waals surface area contributed by atoms with Gasteiger partial charge in [-0.3, -0.25) is 9.59 Å². The van der Waals surface area contributed by atoms with Crippen LogP contribution in [-0.2, 0) is 9.59 Å². The predicted octanol–water partition coefficient (Wildman–Crippen LogP) is 2.97. The lowest BCUT2D eigenvalue weighted by molar-refractivity contribution is -0.141. The molecule has 23 heavy (non-hydrogen) atoms. The van der Waals surface area contributed by atoms with E-state index >= 15 is 0 Å². The first-order valence-corrected chi connectivity index (χ1v) is 7.44. The molecule has 1 unspecified atom stereocenters. The van der Waals surface area contributed by atoms with Gasteiger partial charge in [-0.2, -0.15) is 8.78 Å². The van der Waals surface area contributed by atoms with E-state index < -0.39 is 18.5 Å². The van der Waals surface area contributed by atoms with Crippen molar-refractivity contribution < 1.29 is 28.2 Å². The summed E-state index contributed by atoms with van der Waals surface area (Å²) in [6.07, 6.45) is 1.38. The zero-order chi connectivity index (χ0) is 17.0. The molecule has 2 rings (SSSR count). The predicted molar refractivity (Wildman–Crippen MR) is 78.1 cm³/mol. The number of hydrogen-bond donors (Lipinski definition) is 2. The van der Waals surface area contributed by atoms with Crippen molar-refractivity contribution in [1.82, 2.24) is 5.32 Å². The number of halogens is 2. The van der Waals surface area contributed by atoms with Crippen LogP contribution in [0.15, 0.2) is 24.3 Å². The number of carboxylic acids is 1. The lowest BCUT2D eigenvalue weighted by atomic mass is 10.0. The molecule has 0 aliphatic heterocycles. The fraction of sp³-hybridized carbons (Fsp3) is 0.500. The zero-order valence-electron chi connectivity index (χ0n) is 12.7. The lowest BCUT2D eigenvalue weighted by Gasteiger charge is -2.18. The summed E-state index contributed by atoms with van der Waals surface area (Å²) >= 11 is 0. The summed E-state index contributed by atoms with van der Waals surface area (Å²) < 4.78 is 28.8. The molecule has 0 radical (unpaired) electrons. The van der Waals surface area contributed by atoms with Crippen molar-refractivity contribution in [2.75, 3.05) is 0 Å². The van der Waals surface area contributed by atoms with Crippen LogP contribution in [0.2, 0.25) is 0 Å². The molecule has 2 N–H and O–H groups in total. The van der Waals surface area contributed by atoms with Gasteiger partial charge in [-0.15, -0.1) is 0 Å². The van der Waals surface area contributed by atoms with Crippen LogP contribution in [0.5, 0.6) is 5.75 Å². The normalized spacial score (nSPS) is 21.9. The molecular weight excluding hydrogens is 308 g/mol. The van der Waals surface area contributed by atoms with Gasteiger partial charge in [-0.25, -0.2) is 0 Å². The molecule has 1 amide bonds. The highest BCUT2D eigenvalue weighted by Gasteiger charge is 2.34. The maximum atomic E-state index is 12.2. The van der Waals surface area contributed by atoms with Crippen LogP contribution in [0.4, 0.5) is 8.78 Å². The van der Waals surface area contributed by atoms with Crippen LogP contribution in [0.3, 0.4) is 0 Å². The molecule has 1 aromatic rings. The van der Waals surface area contributed by atoms with Crippen LogP contribution >= 0.6 is 0 Å². The van der Waals surface area contributed by atoms with E-state index in [2.05, 4.69) is 10.1 Å². The summed E-state index contributed by atoms with van der Waals surface area (Å²) in [5.74, 6) is -1.83. The first kappa shape index (κ1) is 17.2. The molecular formula is C16H19F2NO4. The van der Waals surface area contributed by atoms with Crippen LogP contribution in [0.1, 0.15) is 37.8 Å². The SMILES string of the molecule is CC(NC(=O)[C@@H]1CC[C@H](C(=O)O)C1)c1cccc(OC(F)F)c1. The van der Waals surface area contributed by atoms with Gasteiger partial charge in [0.1, 0.15) is 5.75 Å². The lowest BCUT2D eigenvalue weighted by Crippen LogP contribution is -2.32. The van der Waals surface area contributed by atoms with Crippen molar-refractivity contribution in [3.05, 3.63) is 29.8 Å². The third-order valence-electron chi connectivity index (χ3n) is 4.09. The third-order valence-corrected chi connectivity index (χ3v) is 4.09. The molecule has 0 heterocycles. The Labute approximate surface area is 132 Å². The minimum Gasteiger partial charge on any atom is -0.481 e. The maximum Gasteiger partial charge on any atom is 0.387 e. The Hall–Kier alpha value is -2.18. The highest BCUT2D eigenvalue weighted by atomic mass is 19.3. The number of nitrogens with one attached hydrogen (secondary N) is 1. The summed E-state index contributed by atoms with van der Waals surface area (Å²) in [4.78, 5) is 23.1. The maximum absolute atomic E-state index is 12.2. The van der Waals surface area contributed by atoms with E-state index in [0.29, 0.717) is 24.8 Å². The number of aliphatic carboxylic acids is 1. The van der Waals surface area contributed by atoms with Gasteiger partial charge in [0, 0.05) is 5.92 Å². The molecule has 7 heteroatoms. The highest BCUT2D eigenvalue weighted by Crippen LogP contribution is 2.31. The summed E-state index contributed by atoms with van der Waals surface area (Å²) in [6.45, 7) is -1.16. The van der Waals surface area contributed by atoms with Crippen LogP contribution in [-0.4, -0.2) is 23.6 Å². The van der Waals surface area contributed by atoms with Gasteiger partial charge < -0.3 is 15.2 Å². The number of rotatable bonds is 6. The number of hydrogen-bond acceptors (Lipinski definition) is 3. The summed E-state index contributed by atoms with van der Waals surface area (Å²) in [5.41, 5.74) is 0.643. The molecule has 1 aromatic carbocycles. The number of carbonyl (C=O) groups excluding carboxylic acids is 1. The number of benzene rings is 1. The zero-order valence-corrected chi connectivity index (χ0v) is 12.7. The van der Waals surface area contributed by atoms with Gasteiger partial charge in [0.05, 0.1) is 12.0 Å². The summed E-state index contributed by atoms with van der Waals surface area (Å²) in [5, 5.41) is 11.8. The van der Waals surface area contributed by atoms with Crippen molar-refractivity contribution >= 4 is 11.9 Å². The standard InChI is InChI=1S/C16H19F2NO4/c1-9(10-3-2-4-13(8-10)23-16(17)18)19-14(20)11-5-6-12(7-11)15(21)22/h2-4,8-9,11-12,16H,5-7H2,1H3,(H,19,20)(H,21,22)/t9?,11-,12+/m1/s1. The second-order valence-electron chi connectivity index (χ2n) is 5.73. The average molecular weight is 327 g/mol. The fourth-order valence-corrected chi connectivity index (χ4v) is 2.82. The Kier molecular flexibility index (Phi) is 5.52. The molecule has 1 saturated carbocycles. The monoisotopic (exact) mass is 327 g/mol. The minimum absolute atomic E-state index is 0.0328. The second-order valence-corrected chi connectivity index (χ2v) is 5.73. The molecule has 1 aliphatic carbocycles. The van der Waals surface area contributed by atoms with Gasteiger partial charge in [0.15, 0.2) is 0 Å². The van der Waals surface area contributed by atoms with Crippen molar-refractivity contribution in [2.45, 2.75) is 38.8 Å². The van der Waals surface area contributed by atoms with E-state index in [0.717, 1.165) is 0 Å². The topological polar surface area (TPSA) is 75.6 Å². The third kappa shape index (κ3) is 4.64. The van der Waals surface area contributed by atoms with Crippen LogP contribution < -0.4 is 10.1 Å². The van der Waals surface area contributed by atoms with E-state index in [1.807, 2.05) is 0 Å². The fourth-order valence-electron chi connectivity index (χ4n) is 2.82. The number of ether oxygens (including phenoxy) is 1. The minimum atomic E-state index is -2.90. The number of amides is 1. The number of alkyl halides is 2. The largest absolute Gasteiger partial charge is 0.481 e. The number of carboxylic acid groups (broad SMARTS) is 1. The number of carbonyl (C=O) groups is 2. The van der Waals surface area contributed by atoms with E-state index in [9.17, 15) is 18.4 Å². The van der Waals surface area contributed by atoms with Crippen LogP contribution in [0.25, 0.3) is 0 Å². The molecule has 3 atom stereocenters. The second kappa shape index (κ2) is 7.39. The molecule has 0 aromatic heterocycles. The van der Waals surface area contributed by atoms with Gasteiger partial charge in [0.2, 0.25) is 5.91 Å². The van der Waals surface area contributed by atoms with Gasteiger partial charge >= 0.3 is 12.6 Å². The molecule has 5 nitrogen and oxygen atoms in total. The van der Waals surface area contributed by atoms with Gasteiger partial charge in [-0.05, 0) is 43.9 Å². The Morgan fingerprint density at radius 3 is 2.61 bits per heavy atom. The Bertz CT molecular complexity index is 579. The molecule has 0 saturated heterocycles. The molecule has 0 bridgehead atoms. The Balaban J connectivity index is 1.95. The smallest absolute Gasteiger partial charge is 0.387 e. The highest BCUT2D eigenvalue weighted by molar-refractivity contribution is 5.81. The summed E-state index contributed by atoms with van der Waals surface area (Å²) in [7, 11) is 0. The Morgan fingerprint density at radius 2 is 2.00 bits per heavy atom. The molecule has 0 spiro atoms. The summed E-state index contributed by atoms with van der Waals surface area (Å²) in [6, 6.07) is 5.77. The Morgan fingerprint density at radius 1 is 1.30 bits per heavy atom. The van der Waals surface area contributed by atoms with E-state index in [1.165, 1.54) is 12.1 Å². The molecule has 1 aliphatic rings. The van der Waals surface area contributed by atoms with Gasteiger partial charge in [-0.1, -0.05) is 12.1 Å². The van der Waals surface area contributed by atoms with Gasteiger partial charge in [0.25, 0.3) is 0 Å². The van der Waals surface area contributed by atoms with E-state index in [1.54, 1.807) is 19.1 Å². The van der Waals surface area contributed by atoms with Crippen LogP contribution in [0, 0.1) is 11.8 Å². The van der Waals surface area contributed by atoms with Crippen molar-refractivity contribution in [3.63, 3.8) is 0 Å². The average Bonchev–Trinajstić information content (AvgIpc) is 2.97. The van der Waals surface area contributed by atoms with Crippen molar-refractivity contribution in [2.24, 2.45) is 11.8 Å². The van der Waals surface area contributed by atoms with E-state index in [4.69, 9.17) is 5.11 Å².